The van der Waals surface area contributed by atoms with Crippen LogP contribution in [0.2, 0.25) is 0 Å². The van der Waals surface area contributed by atoms with Crippen molar-refractivity contribution in [3.8, 4) is 0 Å². The number of aromatic nitrogens is 3. The normalized spacial score (nSPS) is 21.3. The maximum absolute atomic E-state index is 4.35. The first kappa shape index (κ1) is 18.8. The monoisotopic (exact) mass is 450 g/mol. The van der Waals surface area contributed by atoms with Crippen molar-refractivity contribution in [1.82, 2.24) is 25.4 Å². The van der Waals surface area contributed by atoms with Crippen molar-refractivity contribution < 1.29 is 0 Å². The largest absolute Gasteiger partial charge is 0.355 e. The van der Waals surface area contributed by atoms with E-state index in [0.717, 1.165) is 42.4 Å². The molecule has 2 aliphatic heterocycles. The van der Waals surface area contributed by atoms with Gasteiger partial charge in [0.05, 0.1) is 6.54 Å². The van der Waals surface area contributed by atoms with Gasteiger partial charge in [0.2, 0.25) is 0 Å². The van der Waals surface area contributed by atoms with Crippen LogP contribution in [0, 0.1) is 0 Å². The number of aryl methyl sites for hydroxylation is 1. The van der Waals surface area contributed by atoms with Crippen LogP contribution in [0.5, 0.6) is 0 Å². The third-order valence-corrected chi connectivity index (χ3v) is 5.74. The third-order valence-electron chi connectivity index (χ3n) is 4.34. The molecule has 1 atom stereocenters. The summed E-state index contributed by atoms with van der Waals surface area (Å²) in [5, 5.41) is 16.2. The lowest BCUT2D eigenvalue weighted by atomic mass is 10.2. The molecule has 1 unspecified atom stereocenters. The van der Waals surface area contributed by atoms with Crippen molar-refractivity contribution in [2.24, 2.45) is 4.99 Å². The second kappa shape index (κ2) is 9.71. The Morgan fingerprint density at radius 2 is 2.17 bits per heavy atom. The maximum Gasteiger partial charge on any atom is 0.191 e. The number of rotatable bonds is 4. The van der Waals surface area contributed by atoms with Gasteiger partial charge in [-0.2, -0.15) is 11.8 Å². The molecule has 0 spiro atoms. The molecule has 0 radical (unpaired) electrons. The van der Waals surface area contributed by atoms with E-state index in [1.54, 1.807) is 0 Å². The number of nitrogens with zero attached hydrogens (tertiary/aromatic N) is 4. The average molecular weight is 450 g/mol. The SMILES string of the molecule is CN=C(NCc1nnc2n1CCCCC2)NCC1CCCS1.I. The molecular weight excluding hydrogens is 423 g/mol. The van der Waals surface area contributed by atoms with Gasteiger partial charge < -0.3 is 15.2 Å². The fourth-order valence-corrected chi connectivity index (χ4v) is 4.28. The van der Waals surface area contributed by atoms with Gasteiger partial charge in [-0.25, -0.2) is 0 Å². The van der Waals surface area contributed by atoms with E-state index in [4.69, 9.17) is 0 Å². The number of guanidine groups is 1. The van der Waals surface area contributed by atoms with E-state index in [2.05, 4.69) is 42.2 Å². The second-order valence-corrected chi connectivity index (χ2v) is 7.34. The van der Waals surface area contributed by atoms with Crippen LogP contribution >= 0.6 is 35.7 Å². The molecule has 130 valence electrons. The molecule has 8 heteroatoms. The van der Waals surface area contributed by atoms with Gasteiger partial charge in [-0.1, -0.05) is 6.42 Å². The van der Waals surface area contributed by atoms with E-state index >= 15 is 0 Å². The van der Waals surface area contributed by atoms with Crippen LogP contribution in [-0.2, 0) is 19.5 Å². The molecule has 0 aromatic carbocycles. The Kier molecular flexibility index (Phi) is 7.94. The van der Waals surface area contributed by atoms with E-state index < -0.39 is 0 Å². The Morgan fingerprint density at radius 3 is 2.96 bits per heavy atom. The van der Waals surface area contributed by atoms with Gasteiger partial charge in [0.1, 0.15) is 5.82 Å². The minimum Gasteiger partial charge on any atom is -0.355 e. The molecule has 1 aromatic heterocycles. The highest BCUT2D eigenvalue weighted by Crippen LogP contribution is 2.25. The summed E-state index contributed by atoms with van der Waals surface area (Å²) in [6.45, 7) is 2.72. The van der Waals surface area contributed by atoms with Crippen molar-refractivity contribution in [1.29, 1.82) is 0 Å². The first-order valence-corrected chi connectivity index (χ1v) is 9.39. The number of aliphatic imine (C=N–C) groups is 1. The quantitative estimate of drug-likeness (QED) is 0.418. The molecule has 23 heavy (non-hydrogen) atoms. The molecule has 0 bridgehead atoms. The fourth-order valence-electron chi connectivity index (χ4n) is 3.08. The topological polar surface area (TPSA) is 67.1 Å². The zero-order valence-electron chi connectivity index (χ0n) is 13.8. The van der Waals surface area contributed by atoms with Crippen LogP contribution in [0.4, 0.5) is 0 Å². The van der Waals surface area contributed by atoms with Crippen LogP contribution in [0.1, 0.15) is 43.8 Å². The fraction of sp³-hybridized carbons (Fsp3) is 0.800. The van der Waals surface area contributed by atoms with Gasteiger partial charge in [-0.05, 0) is 31.4 Å². The van der Waals surface area contributed by atoms with Crippen molar-refractivity contribution in [3.05, 3.63) is 11.6 Å². The van der Waals surface area contributed by atoms with Gasteiger partial charge in [-0.3, -0.25) is 4.99 Å². The van der Waals surface area contributed by atoms with E-state index in [9.17, 15) is 0 Å². The molecule has 1 saturated heterocycles. The Labute approximate surface area is 159 Å². The lowest BCUT2D eigenvalue weighted by Gasteiger charge is -2.15. The van der Waals surface area contributed by atoms with Gasteiger partial charge >= 0.3 is 0 Å². The second-order valence-electron chi connectivity index (χ2n) is 5.94. The molecule has 1 aromatic rings. The average Bonchev–Trinajstić information content (AvgIpc) is 3.13. The first-order chi connectivity index (χ1) is 10.9. The van der Waals surface area contributed by atoms with Crippen LogP contribution in [0.3, 0.4) is 0 Å². The summed E-state index contributed by atoms with van der Waals surface area (Å²) in [7, 11) is 1.82. The van der Waals surface area contributed by atoms with Crippen LogP contribution in [0.25, 0.3) is 0 Å². The van der Waals surface area contributed by atoms with Crippen LogP contribution < -0.4 is 10.6 Å². The lowest BCUT2D eigenvalue weighted by Crippen LogP contribution is -2.40. The third kappa shape index (κ3) is 5.23. The zero-order chi connectivity index (χ0) is 15.2. The summed E-state index contributed by atoms with van der Waals surface area (Å²) < 4.78 is 2.28. The molecule has 1 fully saturated rings. The summed E-state index contributed by atoms with van der Waals surface area (Å²) in [6.07, 6.45) is 7.45. The molecule has 2 aliphatic rings. The van der Waals surface area contributed by atoms with E-state index in [-0.39, 0.29) is 24.0 Å². The number of nitrogens with one attached hydrogen (secondary N) is 2. The Hall–Kier alpha value is -0.510. The van der Waals surface area contributed by atoms with Crippen molar-refractivity contribution in [2.45, 2.75) is 56.9 Å². The Morgan fingerprint density at radius 1 is 1.26 bits per heavy atom. The summed E-state index contributed by atoms with van der Waals surface area (Å²) in [5.41, 5.74) is 0. The predicted molar refractivity (Wildman–Crippen MR) is 107 cm³/mol. The summed E-state index contributed by atoms with van der Waals surface area (Å²) >= 11 is 2.06. The van der Waals surface area contributed by atoms with Gasteiger partial charge in [0.15, 0.2) is 11.8 Å². The van der Waals surface area contributed by atoms with Crippen LogP contribution in [-0.4, -0.2) is 45.3 Å². The van der Waals surface area contributed by atoms with Crippen molar-refractivity contribution >= 4 is 41.7 Å². The number of hydrogen-bond acceptors (Lipinski definition) is 4. The van der Waals surface area contributed by atoms with Crippen LogP contribution in [0.15, 0.2) is 4.99 Å². The molecule has 0 saturated carbocycles. The Bertz CT molecular complexity index is 512. The van der Waals surface area contributed by atoms with Crippen molar-refractivity contribution in [2.75, 3.05) is 19.3 Å². The van der Waals surface area contributed by atoms with Gasteiger partial charge in [-0.15, -0.1) is 34.2 Å². The molecular formula is C15H27IN6S. The number of halogens is 1. The molecule has 0 aliphatic carbocycles. The summed E-state index contributed by atoms with van der Waals surface area (Å²) in [6, 6.07) is 0. The number of thioether (sulfide) groups is 1. The molecule has 3 heterocycles. The summed E-state index contributed by atoms with van der Waals surface area (Å²) in [4.78, 5) is 4.31. The highest BCUT2D eigenvalue weighted by Gasteiger charge is 2.17. The molecule has 6 nitrogen and oxygen atoms in total. The Balaban J connectivity index is 0.00000192. The highest BCUT2D eigenvalue weighted by atomic mass is 127. The minimum atomic E-state index is 0. The molecule has 2 N–H and O–H groups in total. The predicted octanol–water partition coefficient (Wildman–Crippen LogP) is 2.18. The molecule has 0 amide bonds. The van der Waals surface area contributed by atoms with E-state index in [1.807, 2.05) is 7.05 Å². The highest BCUT2D eigenvalue weighted by molar-refractivity contribution is 14.0. The smallest absolute Gasteiger partial charge is 0.191 e. The summed E-state index contributed by atoms with van der Waals surface area (Å²) in [5.74, 6) is 4.32. The number of fused-ring (bicyclic) bond motifs is 1. The van der Waals surface area contributed by atoms with E-state index in [0.29, 0.717) is 6.54 Å². The lowest BCUT2D eigenvalue weighted by molar-refractivity contribution is 0.596. The van der Waals surface area contributed by atoms with Crippen molar-refractivity contribution in [3.63, 3.8) is 0 Å². The standard InChI is InChI=1S/C15H26N6S.HI/c1-16-15(17-10-12-6-5-9-22-12)18-11-14-20-19-13-7-3-2-4-8-21(13)14;/h12H,2-11H2,1H3,(H2,16,17,18);1H. The number of hydrogen-bond donors (Lipinski definition) is 2. The van der Waals surface area contributed by atoms with Gasteiger partial charge in [0, 0.05) is 31.8 Å². The molecule has 3 rings (SSSR count). The maximum atomic E-state index is 4.35. The van der Waals surface area contributed by atoms with Gasteiger partial charge in [0.25, 0.3) is 0 Å². The first-order valence-electron chi connectivity index (χ1n) is 8.34. The zero-order valence-corrected chi connectivity index (χ0v) is 16.9. The minimum absolute atomic E-state index is 0. The van der Waals surface area contributed by atoms with E-state index in [1.165, 1.54) is 37.9 Å².